The Labute approximate surface area is 118 Å². The number of aromatic nitrogens is 2. The van der Waals surface area contributed by atoms with E-state index < -0.39 is 0 Å². The lowest BCUT2D eigenvalue weighted by Crippen LogP contribution is -2.03. The van der Waals surface area contributed by atoms with Crippen molar-refractivity contribution in [3.63, 3.8) is 0 Å². The normalized spacial score (nSPS) is 14.3. The Hall–Kier alpha value is -2.17. The van der Waals surface area contributed by atoms with Crippen LogP contribution < -0.4 is 15.2 Å². The average Bonchev–Trinajstić information content (AvgIpc) is 3.23. The highest BCUT2D eigenvalue weighted by Crippen LogP contribution is 2.41. The standard InChI is InChI=1S/C15H19N3O2/c1-18-15(16)12(8-17-18)11-4-3-5-13(19-2)14(11)20-9-10-6-7-10/h3-5,8,10H,6-7,9,16H2,1-2H3. The number of anilines is 1. The molecule has 0 unspecified atom stereocenters. The Morgan fingerprint density at radius 2 is 2.15 bits per heavy atom. The van der Waals surface area contributed by atoms with Gasteiger partial charge < -0.3 is 15.2 Å². The third-order valence-corrected chi connectivity index (χ3v) is 3.63. The van der Waals surface area contributed by atoms with E-state index in [-0.39, 0.29) is 0 Å². The molecule has 1 heterocycles. The van der Waals surface area contributed by atoms with Crippen molar-refractivity contribution in [2.24, 2.45) is 13.0 Å². The third-order valence-electron chi connectivity index (χ3n) is 3.63. The maximum atomic E-state index is 6.07. The Morgan fingerprint density at radius 3 is 2.75 bits per heavy atom. The summed E-state index contributed by atoms with van der Waals surface area (Å²) in [7, 11) is 3.47. The molecule has 0 saturated heterocycles. The van der Waals surface area contributed by atoms with Gasteiger partial charge in [-0.1, -0.05) is 12.1 Å². The summed E-state index contributed by atoms with van der Waals surface area (Å²) in [4.78, 5) is 0. The van der Waals surface area contributed by atoms with E-state index in [0.29, 0.717) is 11.7 Å². The fraction of sp³-hybridized carbons (Fsp3) is 0.400. The van der Waals surface area contributed by atoms with Crippen LogP contribution in [0.25, 0.3) is 11.1 Å². The van der Waals surface area contributed by atoms with Gasteiger partial charge in [-0.2, -0.15) is 5.10 Å². The molecule has 1 fully saturated rings. The van der Waals surface area contributed by atoms with Crippen molar-refractivity contribution in [3.05, 3.63) is 24.4 Å². The number of methoxy groups -OCH3 is 1. The Bertz CT molecular complexity index is 618. The number of ether oxygens (including phenoxy) is 2. The van der Waals surface area contributed by atoms with E-state index in [1.54, 1.807) is 18.0 Å². The van der Waals surface area contributed by atoms with Crippen molar-refractivity contribution < 1.29 is 9.47 Å². The van der Waals surface area contributed by atoms with Gasteiger partial charge >= 0.3 is 0 Å². The van der Waals surface area contributed by atoms with Crippen LogP contribution in [0.3, 0.4) is 0 Å². The number of nitrogens with zero attached hydrogens (tertiary/aromatic N) is 2. The molecule has 2 aromatic rings. The van der Waals surface area contributed by atoms with E-state index in [4.69, 9.17) is 15.2 Å². The van der Waals surface area contributed by atoms with Crippen LogP contribution in [0.15, 0.2) is 24.4 Å². The van der Waals surface area contributed by atoms with E-state index in [1.165, 1.54) is 12.8 Å². The van der Waals surface area contributed by atoms with Gasteiger partial charge in [-0.25, -0.2) is 0 Å². The van der Waals surface area contributed by atoms with Crippen LogP contribution in [0, 0.1) is 5.92 Å². The molecule has 20 heavy (non-hydrogen) atoms. The molecule has 0 spiro atoms. The number of nitrogen functional groups attached to an aromatic ring is 1. The molecule has 0 aliphatic heterocycles. The molecule has 1 saturated carbocycles. The van der Waals surface area contributed by atoms with E-state index in [9.17, 15) is 0 Å². The number of para-hydroxylation sites is 1. The first kappa shape index (κ1) is 12.8. The summed E-state index contributed by atoms with van der Waals surface area (Å²) in [6, 6.07) is 5.82. The number of aryl methyl sites for hydroxylation is 1. The zero-order valence-electron chi connectivity index (χ0n) is 11.8. The van der Waals surface area contributed by atoms with Crippen molar-refractivity contribution in [1.29, 1.82) is 0 Å². The molecule has 2 N–H and O–H groups in total. The molecule has 0 atom stereocenters. The molecule has 1 aliphatic rings. The molecule has 106 valence electrons. The lowest BCUT2D eigenvalue weighted by molar-refractivity contribution is 0.281. The van der Waals surface area contributed by atoms with Gasteiger partial charge in [-0.05, 0) is 24.8 Å². The summed E-state index contributed by atoms with van der Waals surface area (Å²) in [5, 5.41) is 4.19. The highest BCUT2D eigenvalue weighted by atomic mass is 16.5. The fourth-order valence-corrected chi connectivity index (χ4v) is 2.18. The molecule has 1 aromatic heterocycles. The van der Waals surface area contributed by atoms with Crippen LogP contribution in [0.4, 0.5) is 5.82 Å². The molecule has 1 aromatic carbocycles. The zero-order valence-corrected chi connectivity index (χ0v) is 11.8. The van der Waals surface area contributed by atoms with Gasteiger partial charge in [0.25, 0.3) is 0 Å². The molecule has 3 rings (SSSR count). The van der Waals surface area contributed by atoms with Gasteiger partial charge in [0.2, 0.25) is 0 Å². The average molecular weight is 273 g/mol. The summed E-state index contributed by atoms with van der Waals surface area (Å²) < 4.78 is 13.1. The van der Waals surface area contributed by atoms with Gasteiger partial charge in [0.15, 0.2) is 11.5 Å². The predicted molar refractivity (Wildman–Crippen MR) is 77.8 cm³/mol. The Balaban J connectivity index is 2.01. The Morgan fingerprint density at radius 1 is 1.35 bits per heavy atom. The summed E-state index contributed by atoms with van der Waals surface area (Å²) in [6.45, 7) is 0.730. The van der Waals surface area contributed by atoms with Crippen LogP contribution in [0.5, 0.6) is 11.5 Å². The predicted octanol–water partition coefficient (Wildman–Crippen LogP) is 2.47. The van der Waals surface area contributed by atoms with Crippen molar-refractivity contribution in [2.75, 3.05) is 19.5 Å². The van der Waals surface area contributed by atoms with Crippen LogP contribution in [0.1, 0.15) is 12.8 Å². The molecular formula is C15H19N3O2. The molecule has 5 nitrogen and oxygen atoms in total. The second-order valence-corrected chi connectivity index (χ2v) is 5.16. The first-order valence-electron chi connectivity index (χ1n) is 6.78. The monoisotopic (exact) mass is 273 g/mol. The Kier molecular flexibility index (Phi) is 3.26. The molecule has 0 radical (unpaired) electrons. The van der Waals surface area contributed by atoms with Crippen molar-refractivity contribution in [2.45, 2.75) is 12.8 Å². The lowest BCUT2D eigenvalue weighted by Gasteiger charge is -2.14. The lowest BCUT2D eigenvalue weighted by atomic mass is 10.1. The van der Waals surface area contributed by atoms with Crippen LogP contribution in [-0.4, -0.2) is 23.5 Å². The minimum Gasteiger partial charge on any atom is -0.493 e. The topological polar surface area (TPSA) is 62.3 Å². The zero-order chi connectivity index (χ0) is 14.1. The molecule has 1 aliphatic carbocycles. The minimum atomic E-state index is 0.620. The van der Waals surface area contributed by atoms with Gasteiger partial charge in [-0.15, -0.1) is 0 Å². The number of rotatable bonds is 5. The number of hydrogen-bond acceptors (Lipinski definition) is 4. The summed E-state index contributed by atoms with van der Waals surface area (Å²) in [5.41, 5.74) is 7.87. The van der Waals surface area contributed by atoms with Crippen LogP contribution >= 0.6 is 0 Å². The number of nitrogens with two attached hydrogens (primary N) is 1. The smallest absolute Gasteiger partial charge is 0.169 e. The van der Waals surface area contributed by atoms with Gasteiger partial charge in [0.1, 0.15) is 5.82 Å². The van der Waals surface area contributed by atoms with Crippen LogP contribution in [0.2, 0.25) is 0 Å². The molecule has 5 heteroatoms. The second kappa shape index (κ2) is 5.07. The first-order valence-corrected chi connectivity index (χ1v) is 6.78. The largest absolute Gasteiger partial charge is 0.493 e. The van der Waals surface area contributed by atoms with Crippen LogP contribution in [-0.2, 0) is 7.05 Å². The van der Waals surface area contributed by atoms with Gasteiger partial charge in [0.05, 0.1) is 19.9 Å². The molecule has 0 amide bonds. The fourth-order valence-electron chi connectivity index (χ4n) is 2.18. The maximum absolute atomic E-state index is 6.07. The second-order valence-electron chi connectivity index (χ2n) is 5.16. The first-order chi connectivity index (χ1) is 9.70. The summed E-state index contributed by atoms with van der Waals surface area (Å²) in [5.74, 6) is 2.78. The van der Waals surface area contributed by atoms with Gasteiger partial charge in [0, 0.05) is 18.2 Å². The summed E-state index contributed by atoms with van der Waals surface area (Å²) in [6.07, 6.45) is 4.26. The number of hydrogen-bond donors (Lipinski definition) is 1. The highest BCUT2D eigenvalue weighted by Gasteiger charge is 2.24. The molecular weight excluding hydrogens is 254 g/mol. The van der Waals surface area contributed by atoms with E-state index in [2.05, 4.69) is 5.10 Å². The molecule has 0 bridgehead atoms. The maximum Gasteiger partial charge on any atom is 0.169 e. The quantitative estimate of drug-likeness (QED) is 0.909. The van der Waals surface area contributed by atoms with E-state index >= 15 is 0 Å². The van der Waals surface area contributed by atoms with E-state index in [0.717, 1.165) is 29.2 Å². The summed E-state index contributed by atoms with van der Waals surface area (Å²) >= 11 is 0. The van der Waals surface area contributed by atoms with Gasteiger partial charge in [-0.3, -0.25) is 4.68 Å². The van der Waals surface area contributed by atoms with Crippen molar-refractivity contribution in [1.82, 2.24) is 9.78 Å². The van der Waals surface area contributed by atoms with Crippen molar-refractivity contribution in [3.8, 4) is 22.6 Å². The number of benzene rings is 1. The minimum absolute atomic E-state index is 0.620. The van der Waals surface area contributed by atoms with E-state index in [1.807, 2.05) is 25.2 Å². The highest BCUT2D eigenvalue weighted by molar-refractivity contribution is 5.80. The van der Waals surface area contributed by atoms with Crippen molar-refractivity contribution >= 4 is 5.82 Å². The SMILES string of the molecule is COc1cccc(-c2cnn(C)c2N)c1OCC1CC1. The third kappa shape index (κ3) is 2.31.